The summed E-state index contributed by atoms with van der Waals surface area (Å²) in [5.41, 5.74) is 0.597. The van der Waals surface area contributed by atoms with Gasteiger partial charge in [-0.3, -0.25) is 19.3 Å². The van der Waals surface area contributed by atoms with Gasteiger partial charge in [-0.25, -0.2) is 4.39 Å². The number of imide groups is 1. The van der Waals surface area contributed by atoms with Crippen molar-refractivity contribution in [1.82, 2.24) is 4.90 Å². The molecule has 0 N–H and O–H groups in total. The smallest absolute Gasteiger partial charge is 0.326 e. The monoisotopic (exact) mass is 337 g/mol. The SMILES string of the molecule is CC(C)COC(=O)CN1C(=O)S/C(=C/c2ccc(F)cc2)C1=O. The van der Waals surface area contributed by atoms with Crippen LogP contribution in [0.15, 0.2) is 29.2 Å². The fourth-order valence-electron chi connectivity index (χ4n) is 1.78. The van der Waals surface area contributed by atoms with E-state index in [9.17, 15) is 18.8 Å². The lowest BCUT2D eigenvalue weighted by Crippen LogP contribution is -2.34. The van der Waals surface area contributed by atoms with Gasteiger partial charge in [0.1, 0.15) is 12.4 Å². The molecule has 1 aromatic rings. The Morgan fingerprint density at radius 1 is 1.30 bits per heavy atom. The molecule has 0 bridgehead atoms. The van der Waals surface area contributed by atoms with Gasteiger partial charge in [0.25, 0.3) is 11.1 Å². The van der Waals surface area contributed by atoms with Crippen LogP contribution in [-0.2, 0) is 14.3 Å². The van der Waals surface area contributed by atoms with E-state index in [4.69, 9.17) is 4.74 Å². The Labute approximate surface area is 137 Å². The van der Waals surface area contributed by atoms with Crippen molar-refractivity contribution in [2.75, 3.05) is 13.2 Å². The van der Waals surface area contributed by atoms with Crippen LogP contribution in [0.1, 0.15) is 19.4 Å². The largest absolute Gasteiger partial charge is 0.464 e. The van der Waals surface area contributed by atoms with Gasteiger partial charge in [0.2, 0.25) is 0 Å². The first-order valence-corrected chi connectivity index (χ1v) is 7.85. The highest BCUT2D eigenvalue weighted by molar-refractivity contribution is 8.18. The molecule has 0 unspecified atom stereocenters. The zero-order valence-electron chi connectivity index (χ0n) is 12.7. The van der Waals surface area contributed by atoms with Gasteiger partial charge in [-0.05, 0) is 41.5 Å². The van der Waals surface area contributed by atoms with Crippen molar-refractivity contribution in [3.63, 3.8) is 0 Å². The van der Waals surface area contributed by atoms with Crippen LogP contribution in [0.3, 0.4) is 0 Å². The maximum atomic E-state index is 12.9. The lowest BCUT2D eigenvalue weighted by Gasteiger charge is -2.12. The summed E-state index contributed by atoms with van der Waals surface area (Å²) in [6.07, 6.45) is 1.49. The molecule has 0 aromatic heterocycles. The first-order valence-electron chi connectivity index (χ1n) is 7.03. The summed E-state index contributed by atoms with van der Waals surface area (Å²) in [5, 5.41) is -0.523. The van der Waals surface area contributed by atoms with Crippen molar-refractivity contribution in [3.05, 3.63) is 40.6 Å². The van der Waals surface area contributed by atoms with Crippen LogP contribution in [-0.4, -0.2) is 35.2 Å². The van der Waals surface area contributed by atoms with Crippen LogP contribution in [0, 0.1) is 11.7 Å². The van der Waals surface area contributed by atoms with Gasteiger partial charge in [0, 0.05) is 0 Å². The summed E-state index contributed by atoms with van der Waals surface area (Å²) in [4.78, 5) is 36.8. The van der Waals surface area contributed by atoms with Crippen LogP contribution in [0.5, 0.6) is 0 Å². The van der Waals surface area contributed by atoms with Gasteiger partial charge in [0.05, 0.1) is 11.5 Å². The molecule has 1 aliphatic heterocycles. The molecular weight excluding hydrogens is 321 g/mol. The first-order chi connectivity index (χ1) is 10.9. The maximum Gasteiger partial charge on any atom is 0.326 e. The number of esters is 1. The Kier molecular flexibility index (Phi) is 5.54. The molecule has 0 spiro atoms. The fourth-order valence-corrected chi connectivity index (χ4v) is 2.62. The summed E-state index contributed by atoms with van der Waals surface area (Å²) >= 11 is 0.744. The number of thioether (sulfide) groups is 1. The number of hydrogen-bond donors (Lipinski definition) is 0. The zero-order valence-corrected chi connectivity index (χ0v) is 13.6. The molecule has 2 rings (SSSR count). The lowest BCUT2D eigenvalue weighted by molar-refractivity contribution is -0.147. The molecular formula is C16H16FNO4S. The van der Waals surface area contributed by atoms with Gasteiger partial charge in [-0.1, -0.05) is 26.0 Å². The van der Waals surface area contributed by atoms with Crippen LogP contribution in [0.4, 0.5) is 9.18 Å². The molecule has 1 aromatic carbocycles. The quantitative estimate of drug-likeness (QED) is 0.610. The molecule has 1 fully saturated rings. The van der Waals surface area contributed by atoms with E-state index in [0.717, 1.165) is 16.7 Å². The Morgan fingerprint density at radius 3 is 2.57 bits per heavy atom. The first kappa shape index (κ1) is 17.2. The molecule has 1 saturated heterocycles. The van der Waals surface area contributed by atoms with Crippen molar-refractivity contribution < 1.29 is 23.5 Å². The molecule has 2 amide bonds. The molecule has 0 aliphatic carbocycles. The molecule has 0 radical (unpaired) electrons. The van der Waals surface area contributed by atoms with Crippen LogP contribution < -0.4 is 0 Å². The number of nitrogens with zero attached hydrogens (tertiary/aromatic N) is 1. The molecule has 23 heavy (non-hydrogen) atoms. The highest BCUT2D eigenvalue weighted by Crippen LogP contribution is 2.32. The summed E-state index contributed by atoms with van der Waals surface area (Å²) in [6, 6.07) is 5.53. The van der Waals surface area contributed by atoms with E-state index in [0.29, 0.717) is 5.56 Å². The predicted octanol–water partition coefficient (Wildman–Crippen LogP) is 3.06. The van der Waals surface area contributed by atoms with Gasteiger partial charge in [-0.2, -0.15) is 0 Å². The molecule has 1 aliphatic rings. The van der Waals surface area contributed by atoms with Crippen LogP contribution in [0.2, 0.25) is 0 Å². The predicted molar refractivity (Wildman–Crippen MR) is 84.9 cm³/mol. The van der Waals surface area contributed by atoms with Crippen molar-refractivity contribution in [1.29, 1.82) is 0 Å². The fraction of sp³-hybridized carbons (Fsp3) is 0.312. The van der Waals surface area contributed by atoms with Gasteiger partial charge in [0.15, 0.2) is 0 Å². The minimum atomic E-state index is -0.621. The minimum Gasteiger partial charge on any atom is -0.464 e. The summed E-state index contributed by atoms with van der Waals surface area (Å²) in [5.74, 6) is -1.38. The number of benzene rings is 1. The van der Waals surface area contributed by atoms with Gasteiger partial charge in [-0.15, -0.1) is 0 Å². The number of amides is 2. The average molecular weight is 337 g/mol. The molecule has 7 heteroatoms. The number of ether oxygens (including phenoxy) is 1. The Hall–Kier alpha value is -2.15. The van der Waals surface area contributed by atoms with E-state index < -0.39 is 23.7 Å². The number of halogens is 1. The average Bonchev–Trinajstić information content (AvgIpc) is 2.75. The minimum absolute atomic E-state index is 0.173. The van der Waals surface area contributed by atoms with Gasteiger partial charge < -0.3 is 4.74 Å². The number of carbonyl (C=O) groups excluding carboxylic acids is 3. The molecule has 122 valence electrons. The number of carbonyl (C=O) groups is 3. The van der Waals surface area contributed by atoms with E-state index in [1.165, 1.54) is 30.3 Å². The summed E-state index contributed by atoms with van der Waals surface area (Å²) in [7, 11) is 0. The standard InChI is InChI=1S/C16H16FNO4S/c1-10(2)9-22-14(19)8-18-15(20)13(23-16(18)21)7-11-3-5-12(17)6-4-11/h3-7,10H,8-9H2,1-2H3/b13-7+. The van der Waals surface area contributed by atoms with E-state index in [1.54, 1.807) is 0 Å². The van der Waals surface area contributed by atoms with E-state index >= 15 is 0 Å². The van der Waals surface area contributed by atoms with Gasteiger partial charge >= 0.3 is 5.97 Å². The third kappa shape index (κ3) is 4.66. The second kappa shape index (κ2) is 7.41. The topological polar surface area (TPSA) is 63.7 Å². The van der Waals surface area contributed by atoms with Crippen molar-refractivity contribution in [2.24, 2.45) is 5.92 Å². The maximum absolute atomic E-state index is 12.9. The van der Waals surface area contributed by atoms with E-state index in [2.05, 4.69) is 0 Å². The lowest BCUT2D eigenvalue weighted by atomic mass is 10.2. The van der Waals surface area contributed by atoms with Crippen LogP contribution >= 0.6 is 11.8 Å². The van der Waals surface area contributed by atoms with Crippen molar-refractivity contribution in [3.8, 4) is 0 Å². The van der Waals surface area contributed by atoms with E-state index in [1.807, 2.05) is 13.8 Å². The van der Waals surface area contributed by atoms with Crippen LogP contribution in [0.25, 0.3) is 6.08 Å². The molecule has 1 heterocycles. The van der Waals surface area contributed by atoms with E-state index in [-0.39, 0.29) is 23.2 Å². The highest BCUT2D eigenvalue weighted by atomic mass is 32.2. The zero-order chi connectivity index (χ0) is 17.0. The second-order valence-electron chi connectivity index (χ2n) is 5.40. The van der Waals surface area contributed by atoms with Crippen molar-refractivity contribution >= 4 is 35.0 Å². The third-order valence-corrected chi connectivity index (χ3v) is 3.81. The summed E-state index contributed by atoms with van der Waals surface area (Å²) < 4.78 is 17.8. The molecule has 5 nitrogen and oxygen atoms in total. The summed E-state index contributed by atoms with van der Waals surface area (Å²) in [6.45, 7) is 3.61. The normalized spacial score (nSPS) is 16.5. The third-order valence-electron chi connectivity index (χ3n) is 2.91. The Morgan fingerprint density at radius 2 is 1.96 bits per heavy atom. The van der Waals surface area contributed by atoms with Crippen molar-refractivity contribution in [2.45, 2.75) is 13.8 Å². The molecule has 0 atom stereocenters. The highest BCUT2D eigenvalue weighted by Gasteiger charge is 2.36. The molecule has 0 saturated carbocycles. The number of rotatable bonds is 5. The Bertz CT molecular complexity index is 655. The second-order valence-corrected chi connectivity index (χ2v) is 6.39. The number of hydrogen-bond acceptors (Lipinski definition) is 5. The Balaban J connectivity index is 2.04.